The van der Waals surface area contributed by atoms with Gasteiger partial charge in [0.1, 0.15) is 60.0 Å². The Hall–Kier alpha value is -3.27. The first-order chi connectivity index (χ1) is 32.0. The quantitative estimate of drug-likeness (QED) is 0.0696. The van der Waals surface area contributed by atoms with Crippen LogP contribution < -0.4 is 10.9 Å². The summed E-state index contributed by atoms with van der Waals surface area (Å²) in [6, 6.07) is 7.10. The van der Waals surface area contributed by atoms with Crippen LogP contribution in [-0.4, -0.2) is 188 Å². The molecular weight excluding hydrogens is 890 g/mol. The number of carboxylic acid groups (broad SMARTS) is 1. The van der Waals surface area contributed by atoms with Crippen molar-refractivity contribution in [1.29, 1.82) is 0 Å². The highest BCUT2D eigenvalue weighted by molar-refractivity contribution is 5.76. The van der Waals surface area contributed by atoms with Crippen molar-refractivity contribution in [3.63, 3.8) is 0 Å². The van der Waals surface area contributed by atoms with Gasteiger partial charge in [0.2, 0.25) is 5.91 Å². The number of ether oxygens (including phenoxy) is 8. The molecule has 0 radical (unpaired) electrons. The van der Waals surface area contributed by atoms with Crippen molar-refractivity contribution >= 4 is 22.8 Å². The van der Waals surface area contributed by atoms with E-state index in [0.29, 0.717) is 30.2 Å². The average Bonchev–Trinajstić information content (AvgIpc) is 3.31. The second-order valence-corrected chi connectivity index (χ2v) is 18.0. The number of hydrogen-bond donors (Lipinski definition) is 10. The third kappa shape index (κ3) is 12.2. The predicted octanol–water partition coefficient (Wildman–Crippen LogP) is -1.22. The summed E-state index contributed by atoms with van der Waals surface area (Å²) in [5.41, 5.74) is -1.97. The number of benzene rings is 1. The van der Waals surface area contributed by atoms with E-state index in [1.54, 1.807) is 37.3 Å². The lowest BCUT2D eigenvalue weighted by atomic mass is 9.76. The number of carbonyl (C=O) groups excluding carboxylic acids is 1. The van der Waals surface area contributed by atoms with Crippen LogP contribution in [0.2, 0.25) is 0 Å². The Morgan fingerprint density at radius 2 is 1.64 bits per heavy atom. The molecule has 22 heteroatoms. The Bertz CT molecular complexity index is 1970. The molecule has 22 nitrogen and oxygen atoms in total. The van der Waals surface area contributed by atoms with E-state index in [0.717, 1.165) is 0 Å². The van der Waals surface area contributed by atoms with Gasteiger partial charge in [-0.05, 0) is 50.2 Å². The summed E-state index contributed by atoms with van der Waals surface area (Å²) < 4.78 is 54.7. The maximum Gasteiger partial charge on any atom is 0.341 e. The van der Waals surface area contributed by atoms with E-state index in [4.69, 9.17) is 42.3 Å². The Balaban J connectivity index is 1.27. The van der Waals surface area contributed by atoms with Gasteiger partial charge in [0, 0.05) is 18.7 Å². The van der Waals surface area contributed by atoms with E-state index in [-0.39, 0.29) is 38.0 Å². The molecule has 3 aliphatic heterocycles. The van der Waals surface area contributed by atoms with Gasteiger partial charge in [-0.1, -0.05) is 44.9 Å². The lowest BCUT2D eigenvalue weighted by Gasteiger charge is -2.49. The molecule has 1 aliphatic carbocycles. The average molecular weight is 958 g/mol. The number of carbonyl (C=O) groups is 2. The van der Waals surface area contributed by atoms with Gasteiger partial charge in [-0.15, -0.1) is 0 Å². The number of amides is 1. The molecule has 6 rings (SSSR count). The third-order valence-electron chi connectivity index (χ3n) is 13.2. The number of aliphatic hydroxyl groups excluding tert-OH is 8. The molecule has 2 aromatic rings. The molecule has 3 saturated heterocycles. The highest BCUT2D eigenvalue weighted by Crippen LogP contribution is 2.41. The molecule has 4 fully saturated rings. The Kier molecular flexibility index (Phi) is 18.7. The normalized spacial score (nSPS) is 38.7. The predicted molar refractivity (Wildman–Crippen MR) is 229 cm³/mol. The van der Waals surface area contributed by atoms with Gasteiger partial charge in [-0.2, -0.15) is 0 Å². The van der Waals surface area contributed by atoms with Crippen LogP contribution >= 0.6 is 0 Å². The van der Waals surface area contributed by atoms with Crippen LogP contribution in [0.4, 0.5) is 0 Å². The summed E-state index contributed by atoms with van der Waals surface area (Å²) in [4.78, 5) is 37.8. The minimum Gasteiger partial charge on any atom is -0.479 e. The van der Waals surface area contributed by atoms with Gasteiger partial charge in [-0.3, -0.25) is 4.79 Å². The van der Waals surface area contributed by atoms with Crippen LogP contribution in [0.25, 0.3) is 11.0 Å². The van der Waals surface area contributed by atoms with E-state index < -0.39 is 153 Å². The van der Waals surface area contributed by atoms with Gasteiger partial charge in [-0.25, -0.2) is 9.59 Å². The van der Waals surface area contributed by atoms with Crippen LogP contribution in [0.3, 0.4) is 0 Å². The summed E-state index contributed by atoms with van der Waals surface area (Å²) in [5, 5.41) is 99.8. The number of aliphatic carboxylic acids is 1. The van der Waals surface area contributed by atoms with E-state index in [2.05, 4.69) is 5.32 Å². The number of hydrogen-bond acceptors (Lipinski definition) is 20. The minimum absolute atomic E-state index is 0.0499. The third-order valence-corrected chi connectivity index (χ3v) is 13.2. The van der Waals surface area contributed by atoms with Crippen molar-refractivity contribution in [3.05, 3.63) is 46.3 Å². The lowest BCUT2D eigenvalue weighted by Crippen LogP contribution is -2.67. The van der Waals surface area contributed by atoms with Crippen LogP contribution in [0.1, 0.15) is 71.8 Å². The fraction of sp³-hybridized carbons (Fsp3) is 0.756. The van der Waals surface area contributed by atoms with Crippen molar-refractivity contribution in [1.82, 2.24) is 5.32 Å². The fourth-order valence-corrected chi connectivity index (χ4v) is 9.49. The number of aliphatic hydroxyl groups is 8. The van der Waals surface area contributed by atoms with Crippen LogP contribution in [0, 0.1) is 11.8 Å². The SMILES string of the molecule is CCC[C@H](OC1C(NC(C)=O)[C@H](O[C@@H]2CC(CO[C@H]3OC(CO)CC(CO)(OCc4cc5ccccc5oc4=O)C3O)C[C@@H](CC)C2O[C@@H]2OC(C)[C@@H](O)C(O)C2O)OC(CO)[C@@H]1O)C(=O)O. The minimum atomic E-state index is -1.77. The Morgan fingerprint density at radius 3 is 2.30 bits per heavy atom. The molecule has 11 unspecified atom stereocenters. The summed E-state index contributed by atoms with van der Waals surface area (Å²) in [6.45, 7) is 3.73. The van der Waals surface area contributed by atoms with Gasteiger partial charge >= 0.3 is 11.6 Å². The molecule has 378 valence electrons. The molecule has 10 N–H and O–H groups in total. The summed E-state index contributed by atoms with van der Waals surface area (Å²) in [6.07, 6.45) is -19.6. The second-order valence-electron chi connectivity index (χ2n) is 18.0. The highest BCUT2D eigenvalue weighted by Gasteiger charge is 2.54. The molecule has 67 heavy (non-hydrogen) atoms. The van der Waals surface area contributed by atoms with E-state index in [1.807, 2.05) is 6.92 Å². The van der Waals surface area contributed by atoms with Gasteiger partial charge < -0.3 is 93.6 Å². The fourth-order valence-electron chi connectivity index (χ4n) is 9.49. The molecule has 4 heterocycles. The van der Waals surface area contributed by atoms with Crippen molar-refractivity contribution in [2.24, 2.45) is 11.8 Å². The highest BCUT2D eigenvalue weighted by atomic mass is 16.7. The van der Waals surface area contributed by atoms with Gasteiger partial charge in [0.15, 0.2) is 25.0 Å². The molecule has 0 spiro atoms. The molecule has 19 atom stereocenters. The molecule has 1 amide bonds. The smallest absolute Gasteiger partial charge is 0.341 e. The Morgan fingerprint density at radius 1 is 0.896 bits per heavy atom. The molecule has 1 aromatic carbocycles. The molecule has 4 aliphatic rings. The van der Waals surface area contributed by atoms with Crippen molar-refractivity contribution in [3.8, 4) is 0 Å². The standard InChI is InChI=1S/C45H67NO21/c1-5-9-29(40(56)57)63-38-32(46-22(4)50)42(66-31(17-48)34(38)52)65-30-13-23(12-24(6-2)37(30)67-43-36(54)35(53)33(51)21(3)61-43)18-59-44-39(55)45(20-49,15-27(16-47)62-44)60-19-26-14-25-10-7-8-11-28(25)64-41(26)58/h7-8,10-11,14,21,23-24,27,29-39,42-44,47-49,51-55H,5-6,9,12-13,15-20H2,1-4H3,(H,46,50)(H,56,57)/t21?,23?,24-,27?,29+,30-,31?,32?,33-,34+,35?,36?,37?,38?,39?,42-,43+,44+,45?/m1/s1. The number of carboxylic acids is 1. The summed E-state index contributed by atoms with van der Waals surface area (Å²) in [7, 11) is 0. The number of fused-ring (bicyclic) bond motifs is 1. The number of nitrogens with one attached hydrogen (secondary N) is 1. The molecule has 1 saturated carbocycles. The van der Waals surface area contributed by atoms with E-state index in [9.17, 15) is 60.3 Å². The van der Waals surface area contributed by atoms with Crippen LogP contribution in [-0.2, 0) is 54.1 Å². The van der Waals surface area contributed by atoms with Crippen molar-refractivity contribution < 1.29 is 97.9 Å². The number of para-hydroxylation sites is 1. The van der Waals surface area contributed by atoms with Gasteiger partial charge in [0.25, 0.3) is 0 Å². The van der Waals surface area contributed by atoms with E-state index >= 15 is 0 Å². The van der Waals surface area contributed by atoms with Crippen LogP contribution in [0.5, 0.6) is 0 Å². The largest absolute Gasteiger partial charge is 0.479 e. The van der Waals surface area contributed by atoms with Crippen LogP contribution in [0.15, 0.2) is 39.5 Å². The lowest BCUT2D eigenvalue weighted by molar-refractivity contribution is -0.341. The topological polar surface area (TPSA) is 332 Å². The zero-order valence-electron chi connectivity index (χ0n) is 38.0. The maximum absolute atomic E-state index is 12.9. The Labute approximate surface area is 386 Å². The van der Waals surface area contributed by atoms with Crippen molar-refractivity contribution in [2.75, 3.05) is 26.4 Å². The first-order valence-corrected chi connectivity index (χ1v) is 22.9. The first-order valence-electron chi connectivity index (χ1n) is 22.9. The zero-order chi connectivity index (χ0) is 48.7. The molecule has 0 bridgehead atoms. The van der Waals surface area contributed by atoms with E-state index in [1.165, 1.54) is 13.8 Å². The van der Waals surface area contributed by atoms with Gasteiger partial charge in [0.05, 0.1) is 63.0 Å². The summed E-state index contributed by atoms with van der Waals surface area (Å²) >= 11 is 0. The maximum atomic E-state index is 12.9. The summed E-state index contributed by atoms with van der Waals surface area (Å²) in [5.74, 6) is -2.82. The molecular formula is C45H67NO21. The monoisotopic (exact) mass is 957 g/mol. The molecule has 1 aromatic heterocycles. The first kappa shape index (κ1) is 53.1. The van der Waals surface area contributed by atoms with Crippen molar-refractivity contribution in [2.45, 2.75) is 177 Å². The number of rotatable bonds is 20. The zero-order valence-corrected chi connectivity index (χ0v) is 38.0. The second kappa shape index (κ2) is 23.6.